The maximum Gasteiger partial charge on any atom is 0.244 e. The largest absolute Gasteiger partial charge is 0.353 e. The van der Waals surface area contributed by atoms with E-state index in [1.54, 1.807) is 12.1 Å². The first-order valence-electron chi connectivity index (χ1n) is 6.59. The molecule has 1 aliphatic rings. The fraction of sp³-hybridized carbons (Fsp3) is 0.615. The number of hydrogen-bond donors (Lipinski definition) is 1. The summed E-state index contributed by atoms with van der Waals surface area (Å²) in [4.78, 5) is 6.50. The average molecular weight is 298 g/mol. The van der Waals surface area contributed by atoms with Gasteiger partial charge in [-0.15, -0.1) is 0 Å². The molecule has 1 aromatic rings. The lowest BCUT2D eigenvalue weighted by atomic mass is 9.80. The first kappa shape index (κ1) is 15.2. The van der Waals surface area contributed by atoms with Crippen molar-refractivity contribution < 1.29 is 8.42 Å². The number of sulfonamides is 1. The van der Waals surface area contributed by atoms with E-state index in [1.807, 2.05) is 0 Å². The second kappa shape index (κ2) is 4.98. The molecule has 7 heteroatoms. The normalized spacial score (nSPS) is 18.4. The highest BCUT2D eigenvalue weighted by Crippen LogP contribution is 2.30. The topological polar surface area (TPSA) is 79.5 Å². The lowest BCUT2D eigenvalue weighted by molar-refractivity contribution is 0.243. The quantitative estimate of drug-likeness (QED) is 0.876. The van der Waals surface area contributed by atoms with Crippen LogP contribution in [0.4, 0.5) is 5.82 Å². The van der Waals surface area contributed by atoms with Gasteiger partial charge in [-0.1, -0.05) is 13.8 Å². The van der Waals surface area contributed by atoms with Gasteiger partial charge in [-0.05, 0) is 18.1 Å². The fourth-order valence-electron chi connectivity index (χ4n) is 2.11. The number of aromatic nitrogens is 1. The standard InChI is InChI=1S/C13H22N4O2S/c1-10(2)13(14)8-17(9-13)12-6-5-11(7-15-12)20(18,19)16(3)4/h5-7,10H,8-9,14H2,1-4H3. The van der Waals surface area contributed by atoms with E-state index in [1.165, 1.54) is 24.6 Å². The third-order valence-electron chi connectivity index (χ3n) is 3.94. The molecule has 0 atom stereocenters. The van der Waals surface area contributed by atoms with E-state index >= 15 is 0 Å². The van der Waals surface area contributed by atoms with Crippen molar-refractivity contribution >= 4 is 15.8 Å². The molecule has 1 aliphatic heterocycles. The van der Waals surface area contributed by atoms with E-state index in [0.717, 1.165) is 18.9 Å². The summed E-state index contributed by atoms with van der Waals surface area (Å²) in [6, 6.07) is 3.32. The minimum atomic E-state index is -3.42. The number of nitrogens with two attached hydrogens (primary N) is 1. The fourth-order valence-corrected chi connectivity index (χ4v) is 2.96. The van der Waals surface area contributed by atoms with E-state index in [2.05, 4.69) is 23.7 Å². The first-order valence-corrected chi connectivity index (χ1v) is 8.03. The maximum absolute atomic E-state index is 11.9. The van der Waals surface area contributed by atoms with Crippen LogP contribution in [0.2, 0.25) is 0 Å². The Morgan fingerprint density at radius 1 is 1.35 bits per heavy atom. The van der Waals surface area contributed by atoms with Gasteiger partial charge in [0.05, 0.1) is 5.54 Å². The molecule has 0 aliphatic carbocycles. The molecule has 20 heavy (non-hydrogen) atoms. The Balaban J connectivity index is 2.12. The SMILES string of the molecule is CC(C)C1(N)CN(c2ccc(S(=O)(=O)N(C)C)cn2)C1. The summed E-state index contributed by atoms with van der Waals surface area (Å²) in [7, 11) is -0.409. The molecule has 2 heterocycles. The van der Waals surface area contributed by atoms with Gasteiger partial charge in [0.1, 0.15) is 10.7 Å². The lowest BCUT2D eigenvalue weighted by Gasteiger charge is -2.51. The summed E-state index contributed by atoms with van der Waals surface area (Å²) in [5, 5.41) is 0. The number of anilines is 1. The Bertz CT molecular complexity index is 575. The molecule has 2 rings (SSSR count). The van der Waals surface area contributed by atoms with Crippen LogP contribution in [0.1, 0.15) is 13.8 Å². The predicted molar refractivity (Wildman–Crippen MR) is 79.1 cm³/mol. The molecule has 6 nitrogen and oxygen atoms in total. The minimum absolute atomic E-state index is 0.171. The smallest absolute Gasteiger partial charge is 0.244 e. The molecule has 0 radical (unpaired) electrons. The molecule has 0 amide bonds. The Hall–Kier alpha value is -1.18. The second-order valence-electron chi connectivity index (χ2n) is 5.88. The molecular weight excluding hydrogens is 276 g/mol. The molecule has 112 valence electrons. The van der Waals surface area contributed by atoms with Crippen LogP contribution in [-0.2, 0) is 10.0 Å². The van der Waals surface area contributed by atoms with Crippen LogP contribution < -0.4 is 10.6 Å². The van der Waals surface area contributed by atoms with Crippen molar-refractivity contribution in [2.45, 2.75) is 24.3 Å². The summed E-state index contributed by atoms with van der Waals surface area (Å²) in [5.41, 5.74) is 6.07. The van der Waals surface area contributed by atoms with Crippen molar-refractivity contribution in [3.8, 4) is 0 Å². The summed E-state index contributed by atoms with van der Waals surface area (Å²) in [6.07, 6.45) is 1.40. The molecule has 0 aromatic carbocycles. The van der Waals surface area contributed by atoms with Gasteiger partial charge >= 0.3 is 0 Å². The van der Waals surface area contributed by atoms with E-state index in [9.17, 15) is 8.42 Å². The van der Waals surface area contributed by atoms with Crippen LogP contribution in [0.25, 0.3) is 0 Å². The monoisotopic (exact) mass is 298 g/mol. The van der Waals surface area contributed by atoms with Crippen molar-refractivity contribution in [2.75, 3.05) is 32.1 Å². The molecule has 0 saturated carbocycles. The molecule has 1 fully saturated rings. The van der Waals surface area contributed by atoms with E-state index in [4.69, 9.17) is 5.73 Å². The van der Waals surface area contributed by atoms with Crippen molar-refractivity contribution in [2.24, 2.45) is 11.7 Å². The van der Waals surface area contributed by atoms with Crippen LogP contribution in [0.3, 0.4) is 0 Å². The zero-order valence-corrected chi connectivity index (χ0v) is 13.2. The molecule has 0 bridgehead atoms. The van der Waals surface area contributed by atoms with E-state index < -0.39 is 10.0 Å². The van der Waals surface area contributed by atoms with E-state index in [0.29, 0.717) is 5.92 Å². The highest BCUT2D eigenvalue weighted by Gasteiger charge is 2.42. The van der Waals surface area contributed by atoms with Gasteiger partial charge < -0.3 is 10.6 Å². The number of hydrogen-bond acceptors (Lipinski definition) is 5. The van der Waals surface area contributed by atoms with Crippen molar-refractivity contribution in [3.05, 3.63) is 18.3 Å². The van der Waals surface area contributed by atoms with Crippen molar-refractivity contribution in [1.29, 1.82) is 0 Å². The van der Waals surface area contributed by atoms with E-state index in [-0.39, 0.29) is 10.4 Å². The molecule has 1 saturated heterocycles. The molecule has 0 unspecified atom stereocenters. The van der Waals surface area contributed by atoms with Crippen molar-refractivity contribution in [1.82, 2.24) is 9.29 Å². The maximum atomic E-state index is 11.9. The third-order valence-corrected chi connectivity index (χ3v) is 5.74. The highest BCUT2D eigenvalue weighted by molar-refractivity contribution is 7.89. The van der Waals surface area contributed by atoms with Crippen LogP contribution in [0, 0.1) is 5.92 Å². The summed E-state index contributed by atoms with van der Waals surface area (Å²) >= 11 is 0. The lowest BCUT2D eigenvalue weighted by Crippen LogP contribution is -2.70. The zero-order valence-electron chi connectivity index (χ0n) is 12.4. The highest BCUT2D eigenvalue weighted by atomic mass is 32.2. The first-order chi connectivity index (χ1) is 9.17. The number of nitrogens with zero attached hydrogens (tertiary/aromatic N) is 3. The van der Waals surface area contributed by atoms with Gasteiger partial charge in [0.25, 0.3) is 0 Å². The Kier molecular flexibility index (Phi) is 3.79. The summed E-state index contributed by atoms with van der Waals surface area (Å²) in [6.45, 7) is 5.71. The van der Waals surface area contributed by atoms with Gasteiger partial charge in [-0.2, -0.15) is 0 Å². The average Bonchev–Trinajstić information content (AvgIpc) is 2.34. The minimum Gasteiger partial charge on any atom is -0.353 e. The van der Waals surface area contributed by atoms with Crippen molar-refractivity contribution in [3.63, 3.8) is 0 Å². The predicted octanol–water partition coefficient (Wildman–Crippen LogP) is 0.505. The molecule has 2 N–H and O–H groups in total. The zero-order chi connectivity index (χ0) is 15.1. The third kappa shape index (κ3) is 2.53. The van der Waals surface area contributed by atoms with Gasteiger partial charge in [0.15, 0.2) is 0 Å². The number of rotatable bonds is 4. The molecular formula is C13H22N4O2S. The van der Waals surface area contributed by atoms with Crippen LogP contribution >= 0.6 is 0 Å². The van der Waals surface area contributed by atoms with Crippen LogP contribution in [-0.4, -0.2) is 50.4 Å². The Labute approximate surface area is 120 Å². The van der Waals surface area contributed by atoms with Crippen LogP contribution in [0.15, 0.2) is 23.2 Å². The van der Waals surface area contributed by atoms with Gasteiger partial charge in [0.2, 0.25) is 10.0 Å². The molecule has 1 aromatic heterocycles. The van der Waals surface area contributed by atoms with Crippen LogP contribution in [0.5, 0.6) is 0 Å². The van der Waals surface area contributed by atoms with Gasteiger partial charge in [0, 0.05) is 33.4 Å². The molecule has 0 spiro atoms. The summed E-state index contributed by atoms with van der Waals surface area (Å²) < 4.78 is 25.1. The van der Waals surface area contributed by atoms with Gasteiger partial charge in [-0.25, -0.2) is 17.7 Å². The summed E-state index contributed by atoms with van der Waals surface area (Å²) in [5.74, 6) is 1.18. The Morgan fingerprint density at radius 2 is 1.95 bits per heavy atom. The number of pyridine rings is 1. The Morgan fingerprint density at radius 3 is 2.35 bits per heavy atom. The second-order valence-corrected chi connectivity index (χ2v) is 8.04. The van der Waals surface area contributed by atoms with Gasteiger partial charge in [-0.3, -0.25) is 0 Å².